The lowest BCUT2D eigenvalue weighted by atomic mass is 10.1. The van der Waals surface area contributed by atoms with Crippen LogP contribution in [-0.2, 0) is 23.0 Å². The lowest BCUT2D eigenvalue weighted by molar-refractivity contribution is 0.0924. The van der Waals surface area contributed by atoms with Gasteiger partial charge in [-0.3, -0.25) is 9.00 Å². The normalized spacial score (nSPS) is 11.9. The van der Waals surface area contributed by atoms with Crippen LogP contribution in [-0.4, -0.2) is 16.7 Å². The number of carbonyl (C=O) groups is 1. The summed E-state index contributed by atoms with van der Waals surface area (Å²) in [7, 11) is -1.22. The lowest BCUT2D eigenvalue weighted by Gasteiger charge is -2.04. The van der Waals surface area contributed by atoms with Gasteiger partial charge in [0.15, 0.2) is 5.76 Å². The Balaban J connectivity index is 1.47. The summed E-state index contributed by atoms with van der Waals surface area (Å²) >= 11 is 3.36. The van der Waals surface area contributed by atoms with Crippen LogP contribution in [0.3, 0.4) is 0 Å². The van der Waals surface area contributed by atoms with Crippen LogP contribution in [0, 0.1) is 0 Å². The topological polar surface area (TPSA) is 59.3 Å². The number of furan rings is 1. The standard InChI is InChI=1S/C21H20BrNO3S/c22-17-8-11-19(12-9-17)27(25)15-18-10-13-20(26-18)21(24)23-14-4-7-16-5-2-1-3-6-16/h1-3,5-6,8-13H,4,7,14-15H2,(H,23,24). The Bertz CT molecular complexity index is 907. The molecule has 6 heteroatoms. The first-order chi connectivity index (χ1) is 13.1. The van der Waals surface area contributed by atoms with Gasteiger partial charge in [-0.05, 0) is 54.8 Å². The van der Waals surface area contributed by atoms with E-state index in [2.05, 4.69) is 33.4 Å². The maximum Gasteiger partial charge on any atom is 0.286 e. The summed E-state index contributed by atoms with van der Waals surface area (Å²) in [6, 6.07) is 20.8. The van der Waals surface area contributed by atoms with Gasteiger partial charge in [0.05, 0.1) is 16.6 Å². The summed E-state index contributed by atoms with van der Waals surface area (Å²) in [5.41, 5.74) is 1.25. The Morgan fingerprint density at radius 2 is 1.74 bits per heavy atom. The number of benzene rings is 2. The summed E-state index contributed by atoms with van der Waals surface area (Å²) in [6.45, 7) is 0.578. The van der Waals surface area contributed by atoms with E-state index < -0.39 is 10.8 Å². The summed E-state index contributed by atoms with van der Waals surface area (Å²) in [4.78, 5) is 12.9. The molecule has 1 N–H and O–H groups in total. The van der Waals surface area contributed by atoms with Gasteiger partial charge in [0.25, 0.3) is 5.91 Å². The van der Waals surface area contributed by atoms with Crippen molar-refractivity contribution in [3.8, 4) is 0 Å². The van der Waals surface area contributed by atoms with Crippen molar-refractivity contribution in [1.82, 2.24) is 5.32 Å². The Hall–Kier alpha value is -2.18. The van der Waals surface area contributed by atoms with Crippen molar-refractivity contribution in [3.05, 3.63) is 88.3 Å². The van der Waals surface area contributed by atoms with Gasteiger partial charge in [0.2, 0.25) is 0 Å². The van der Waals surface area contributed by atoms with E-state index in [0.717, 1.165) is 22.2 Å². The van der Waals surface area contributed by atoms with E-state index in [1.165, 1.54) is 5.56 Å². The second kappa shape index (κ2) is 9.67. The fraction of sp³-hybridized carbons (Fsp3) is 0.190. The zero-order valence-electron chi connectivity index (χ0n) is 14.7. The zero-order valence-corrected chi connectivity index (χ0v) is 17.1. The average Bonchev–Trinajstić information content (AvgIpc) is 3.15. The molecule has 4 nitrogen and oxygen atoms in total. The lowest BCUT2D eigenvalue weighted by Crippen LogP contribution is -2.24. The summed E-state index contributed by atoms with van der Waals surface area (Å²) < 4.78 is 18.9. The fourth-order valence-electron chi connectivity index (χ4n) is 2.60. The molecule has 0 radical (unpaired) electrons. The molecular weight excluding hydrogens is 426 g/mol. The van der Waals surface area contributed by atoms with Crippen molar-refractivity contribution < 1.29 is 13.4 Å². The molecule has 1 unspecified atom stereocenters. The van der Waals surface area contributed by atoms with Crippen molar-refractivity contribution in [3.63, 3.8) is 0 Å². The van der Waals surface area contributed by atoms with Crippen molar-refractivity contribution >= 4 is 32.6 Å². The summed E-state index contributed by atoms with van der Waals surface area (Å²) in [5.74, 6) is 0.773. The van der Waals surface area contributed by atoms with Gasteiger partial charge in [-0.25, -0.2) is 0 Å². The minimum absolute atomic E-state index is 0.239. The van der Waals surface area contributed by atoms with E-state index in [-0.39, 0.29) is 17.4 Å². The molecule has 0 aliphatic carbocycles. The first kappa shape index (κ1) is 19.6. The molecule has 0 aliphatic rings. The smallest absolute Gasteiger partial charge is 0.286 e. The minimum atomic E-state index is -1.22. The molecule has 1 aromatic heterocycles. The van der Waals surface area contributed by atoms with Gasteiger partial charge in [-0.15, -0.1) is 0 Å². The van der Waals surface area contributed by atoms with Gasteiger partial charge < -0.3 is 9.73 Å². The van der Waals surface area contributed by atoms with Crippen LogP contribution >= 0.6 is 15.9 Å². The van der Waals surface area contributed by atoms with Crippen LogP contribution in [0.1, 0.15) is 28.3 Å². The van der Waals surface area contributed by atoms with Crippen molar-refractivity contribution in [2.24, 2.45) is 0 Å². The number of nitrogens with one attached hydrogen (secondary N) is 1. The van der Waals surface area contributed by atoms with E-state index in [1.807, 2.05) is 42.5 Å². The van der Waals surface area contributed by atoms with Gasteiger partial charge >= 0.3 is 0 Å². The van der Waals surface area contributed by atoms with Gasteiger partial charge in [0, 0.05) is 15.9 Å². The Morgan fingerprint density at radius 1 is 1.00 bits per heavy atom. The molecule has 3 rings (SSSR count). The molecule has 0 aliphatic heterocycles. The maximum atomic E-state index is 12.4. The third-order valence-electron chi connectivity index (χ3n) is 4.01. The van der Waals surface area contributed by atoms with E-state index in [0.29, 0.717) is 12.3 Å². The molecule has 2 aromatic carbocycles. The molecule has 0 saturated heterocycles. The summed E-state index contributed by atoms with van der Waals surface area (Å²) in [5, 5.41) is 2.86. The molecule has 1 heterocycles. The van der Waals surface area contributed by atoms with E-state index in [4.69, 9.17) is 4.42 Å². The summed E-state index contributed by atoms with van der Waals surface area (Å²) in [6.07, 6.45) is 1.77. The van der Waals surface area contributed by atoms with Crippen LogP contribution in [0.4, 0.5) is 0 Å². The fourth-order valence-corrected chi connectivity index (χ4v) is 3.89. The molecule has 0 bridgehead atoms. The van der Waals surface area contributed by atoms with Gasteiger partial charge in [0.1, 0.15) is 5.76 Å². The van der Waals surface area contributed by atoms with E-state index in [9.17, 15) is 9.00 Å². The second-order valence-electron chi connectivity index (χ2n) is 6.05. The van der Waals surface area contributed by atoms with Crippen molar-refractivity contribution in [2.75, 3.05) is 6.54 Å². The molecule has 3 aromatic rings. The second-order valence-corrected chi connectivity index (χ2v) is 8.42. The first-order valence-corrected chi connectivity index (χ1v) is 10.8. The number of halogens is 1. The van der Waals surface area contributed by atoms with E-state index in [1.54, 1.807) is 12.1 Å². The van der Waals surface area contributed by atoms with Crippen LogP contribution in [0.2, 0.25) is 0 Å². The SMILES string of the molecule is O=C(NCCCc1ccccc1)c1ccc(CS(=O)c2ccc(Br)cc2)o1. The van der Waals surface area contributed by atoms with Crippen molar-refractivity contribution in [2.45, 2.75) is 23.5 Å². The van der Waals surface area contributed by atoms with Crippen LogP contribution in [0.15, 0.2) is 80.5 Å². The number of aryl methyl sites for hydroxylation is 1. The number of carbonyl (C=O) groups excluding carboxylic acids is 1. The average molecular weight is 446 g/mol. The number of hydrogen-bond acceptors (Lipinski definition) is 3. The minimum Gasteiger partial charge on any atom is -0.455 e. The molecule has 27 heavy (non-hydrogen) atoms. The molecule has 0 fully saturated rings. The Labute approximate surface area is 169 Å². The quantitative estimate of drug-likeness (QED) is 0.510. The highest BCUT2D eigenvalue weighted by Crippen LogP contribution is 2.17. The van der Waals surface area contributed by atoms with Gasteiger partial charge in [-0.1, -0.05) is 46.3 Å². The molecule has 0 saturated carbocycles. The van der Waals surface area contributed by atoms with E-state index >= 15 is 0 Å². The van der Waals surface area contributed by atoms with Crippen LogP contribution < -0.4 is 5.32 Å². The largest absolute Gasteiger partial charge is 0.455 e. The third-order valence-corrected chi connectivity index (χ3v) is 5.88. The van der Waals surface area contributed by atoms with Crippen LogP contribution in [0.25, 0.3) is 0 Å². The van der Waals surface area contributed by atoms with Crippen molar-refractivity contribution in [1.29, 1.82) is 0 Å². The molecule has 140 valence electrons. The molecule has 1 amide bonds. The monoisotopic (exact) mass is 445 g/mol. The first-order valence-electron chi connectivity index (χ1n) is 8.66. The highest BCUT2D eigenvalue weighted by atomic mass is 79.9. The Morgan fingerprint density at radius 3 is 2.48 bits per heavy atom. The molecule has 1 atom stereocenters. The Kier molecular flexibility index (Phi) is 7.01. The predicted molar refractivity (Wildman–Crippen MR) is 110 cm³/mol. The molecule has 0 spiro atoms. The van der Waals surface area contributed by atoms with Gasteiger partial charge in [-0.2, -0.15) is 0 Å². The highest BCUT2D eigenvalue weighted by Gasteiger charge is 2.13. The third kappa shape index (κ3) is 5.91. The highest BCUT2D eigenvalue weighted by molar-refractivity contribution is 9.10. The number of hydrogen-bond donors (Lipinski definition) is 1. The number of rotatable bonds is 8. The van der Waals surface area contributed by atoms with Crippen LogP contribution in [0.5, 0.6) is 0 Å². The molecular formula is C21H20BrNO3S. The maximum absolute atomic E-state index is 12.4. The predicted octanol–water partition coefficient (Wildman–Crippen LogP) is 4.71. The number of amides is 1. The zero-order chi connectivity index (χ0) is 19.1.